The molecule has 9 atom stereocenters. The molecule has 0 saturated carbocycles. The summed E-state index contributed by atoms with van der Waals surface area (Å²) < 4.78 is 0. The number of likely N-dealkylation sites (N-methyl/N-ethyl adjacent to an activating group) is 1. The van der Waals surface area contributed by atoms with E-state index in [4.69, 9.17) is 40.1 Å². The molecule has 0 saturated heterocycles. The van der Waals surface area contributed by atoms with Gasteiger partial charge in [-0.3, -0.25) is 62.9 Å². The van der Waals surface area contributed by atoms with Crippen molar-refractivity contribution in [2.45, 2.75) is 147 Å². The van der Waals surface area contributed by atoms with Gasteiger partial charge in [0.25, 0.3) is 0 Å². The van der Waals surface area contributed by atoms with E-state index >= 15 is 0 Å². The number of amides is 4. The van der Waals surface area contributed by atoms with Crippen LogP contribution in [-0.4, -0.2) is 168 Å². The molecule has 0 aromatic rings. The predicted molar refractivity (Wildman–Crippen MR) is 279 cm³/mol. The van der Waals surface area contributed by atoms with Crippen molar-refractivity contribution in [3.8, 4) is 0 Å². The molecule has 426 valence electrons. The molecule has 0 unspecified atom stereocenters. The Balaban J connectivity index is 6.65. The lowest BCUT2D eigenvalue weighted by Crippen LogP contribution is -2.49. The van der Waals surface area contributed by atoms with Crippen LogP contribution >= 0.6 is 0 Å². The minimum atomic E-state index is -1.56. The van der Waals surface area contributed by atoms with Crippen LogP contribution in [0.15, 0.2) is 15.0 Å². The van der Waals surface area contributed by atoms with Crippen LogP contribution in [0.1, 0.15) is 117 Å². The van der Waals surface area contributed by atoms with Crippen molar-refractivity contribution < 1.29 is 63.3 Å². The van der Waals surface area contributed by atoms with Crippen LogP contribution in [0, 0.1) is 23.7 Å². The molecule has 4 amide bonds. The standard InChI is InChI=1S/C47H85N15O13/c1-5-35(65)32(23-40(70)71)61-41(72)26(2)19-37(67)34(25-64)62-44(75)30(13-9-17-57-46(51)52)21-38(68)31(14-10-18-58-47(53)54)60-43(74)28(11-6-7-15-48)20-36(66)27(3)59-42(73)29(12-8-16-56-45(49)50)22-39(69)33(24-63)55-4/h26-34,55,63-64H,5-25,48H2,1-4H3,(H,59,73)(H,60,74)(H,61,72)(H,62,75)(H,70,71)(H4,49,50,56)(H4,51,52,57)(H4,53,54,58)/t26-,27+,28-,29-,30-,31+,32+,33+,34+/m1/s1. The van der Waals surface area contributed by atoms with Gasteiger partial charge in [-0.15, -0.1) is 0 Å². The minimum absolute atomic E-state index is 0.0345. The Hall–Kier alpha value is -6.65. The molecular weight excluding hydrogens is 983 g/mol. The number of carbonyl (C=O) groups is 10. The summed E-state index contributed by atoms with van der Waals surface area (Å²) in [5.74, 6) is -12.2. The highest BCUT2D eigenvalue weighted by Crippen LogP contribution is 2.21. The summed E-state index contributed by atoms with van der Waals surface area (Å²) in [7, 11) is 1.48. The van der Waals surface area contributed by atoms with E-state index in [1.165, 1.54) is 27.8 Å². The monoisotopic (exact) mass is 1070 g/mol. The number of unbranched alkanes of at least 4 members (excludes halogenated alkanes) is 1. The maximum atomic E-state index is 14.3. The van der Waals surface area contributed by atoms with Gasteiger partial charge in [0, 0.05) is 75.4 Å². The fourth-order valence-electron chi connectivity index (χ4n) is 7.70. The smallest absolute Gasteiger partial charge is 0.305 e. The Morgan fingerprint density at radius 1 is 0.467 bits per heavy atom. The molecular formula is C47H85N15O13. The zero-order valence-electron chi connectivity index (χ0n) is 43.9. The number of nitrogens with two attached hydrogens (primary N) is 7. The molecule has 28 heteroatoms. The lowest BCUT2D eigenvalue weighted by Gasteiger charge is -2.26. The third-order valence-electron chi connectivity index (χ3n) is 12.2. The summed E-state index contributed by atoms with van der Waals surface area (Å²) in [6.07, 6.45) is -0.736. The lowest BCUT2D eigenvalue weighted by molar-refractivity contribution is -0.140. The second-order valence-electron chi connectivity index (χ2n) is 18.3. The fraction of sp³-hybridized carbons (Fsp3) is 0.723. The first-order valence-corrected chi connectivity index (χ1v) is 25.2. The van der Waals surface area contributed by atoms with Crippen LogP contribution in [-0.2, 0) is 47.9 Å². The quantitative estimate of drug-likeness (QED) is 0.0156. The summed E-state index contributed by atoms with van der Waals surface area (Å²) >= 11 is 0. The van der Waals surface area contributed by atoms with Crippen LogP contribution in [0.4, 0.5) is 0 Å². The lowest BCUT2D eigenvalue weighted by atomic mass is 9.89. The number of aliphatic imine (C=N–C) groups is 3. The molecule has 28 nitrogen and oxygen atoms in total. The zero-order chi connectivity index (χ0) is 57.2. The zero-order valence-corrected chi connectivity index (χ0v) is 43.9. The van der Waals surface area contributed by atoms with Gasteiger partial charge in [-0.2, -0.15) is 0 Å². The van der Waals surface area contributed by atoms with E-state index in [1.807, 2.05) is 0 Å². The van der Waals surface area contributed by atoms with Crippen molar-refractivity contribution >= 4 is 76.4 Å². The number of carbonyl (C=O) groups excluding carboxylic acids is 9. The number of nitrogens with one attached hydrogen (secondary N) is 5. The molecule has 0 aliphatic carbocycles. The molecule has 0 aliphatic heterocycles. The van der Waals surface area contributed by atoms with Crippen LogP contribution in [0.5, 0.6) is 0 Å². The molecule has 0 spiro atoms. The summed E-state index contributed by atoms with van der Waals surface area (Å²) in [6.45, 7) is 3.34. The summed E-state index contributed by atoms with van der Waals surface area (Å²) in [6, 6.07) is -6.26. The average Bonchev–Trinajstić information content (AvgIpc) is 3.34. The molecule has 0 rings (SSSR count). The van der Waals surface area contributed by atoms with Gasteiger partial charge < -0.3 is 82.0 Å². The average molecular weight is 1070 g/mol. The van der Waals surface area contributed by atoms with Gasteiger partial charge in [-0.1, -0.05) is 20.3 Å². The molecule has 0 aromatic heterocycles. The van der Waals surface area contributed by atoms with E-state index in [0.717, 1.165) is 0 Å². The van der Waals surface area contributed by atoms with Gasteiger partial charge in [0.05, 0.1) is 43.8 Å². The third-order valence-corrected chi connectivity index (χ3v) is 12.2. The molecule has 0 heterocycles. The number of hydrogen-bond acceptors (Lipinski definition) is 17. The van der Waals surface area contributed by atoms with Gasteiger partial charge in [0.2, 0.25) is 23.6 Å². The maximum Gasteiger partial charge on any atom is 0.305 e. The van der Waals surface area contributed by atoms with Crippen molar-refractivity contribution in [3.05, 3.63) is 0 Å². The van der Waals surface area contributed by atoms with Crippen molar-refractivity contribution in [2.75, 3.05) is 46.4 Å². The van der Waals surface area contributed by atoms with Crippen molar-refractivity contribution in [2.24, 2.45) is 78.8 Å². The fourth-order valence-corrected chi connectivity index (χ4v) is 7.70. The number of rotatable bonds is 43. The van der Waals surface area contributed by atoms with Gasteiger partial charge in [0.1, 0.15) is 6.04 Å². The van der Waals surface area contributed by atoms with Crippen LogP contribution in [0.3, 0.4) is 0 Å². The number of Topliss-reactive ketones (excluding diaryl/α,β-unsaturated/α-hetero) is 5. The molecule has 0 fully saturated rings. The largest absolute Gasteiger partial charge is 0.481 e. The minimum Gasteiger partial charge on any atom is -0.481 e. The first-order chi connectivity index (χ1) is 35.3. The summed E-state index contributed by atoms with van der Waals surface area (Å²) in [5, 5.41) is 41.9. The maximum absolute atomic E-state index is 14.3. The Bertz CT molecular complexity index is 1970. The number of aliphatic carboxylic acids is 1. The van der Waals surface area contributed by atoms with E-state index < -0.39 is 145 Å². The number of guanidine groups is 3. The number of ketones is 5. The number of hydrogen-bond donors (Lipinski definition) is 15. The molecule has 0 bridgehead atoms. The molecule has 0 aromatic carbocycles. The van der Waals surface area contributed by atoms with E-state index in [2.05, 4.69) is 41.6 Å². The van der Waals surface area contributed by atoms with Crippen LogP contribution in [0.2, 0.25) is 0 Å². The van der Waals surface area contributed by atoms with Gasteiger partial charge in [-0.25, -0.2) is 0 Å². The Kier molecular flexibility index (Phi) is 34.6. The molecule has 22 N–H and O–H groups in total. The Morgan fingerprint density at radius 2 is 0.867 bits per heavy atom. The first-order valence-electron chi connectivity index (χ1n) is 25.2. The summed E-state index contributed by atoms with van der Waals surface area (Å²) in [5.41, 5.74) is 38.6. The summed E-state index contributed by atoms with van der Waals surface area (Å²) in [4.78, 5) is 145. The Morgan fingerprint density at radius 3 is 1.29 bits per heavy atom. The van der Waals surface area contributed by atoms with Crippen molar-refractivity contribution in [3.63, 3.8) is 0 Å². The van der Waals surface area contributed by atoms with Gasteiger partial charge in [-0.05, 0) is 71.9 Å². The molecule has 0 aliphatic rings. The number of aliphatic hydroxyl groups excluding tert-OH is 2. The van der Waals surface area contributed by atoms with Crippen molar-refractivity contribution in [1.82, 2.24) is 26.6 Å². The molecule has 0 radical (unpaired) electrons. The van der Waals surface area contributed by atoms with E-state index in [0.29, 0.717) is 19.3 Å². The number of carboxylic acids is 1. The SMILES string of the molecule is CCC(=O)[C@H](CC(=O)O)NC(=O)[C@H](C)CC(=O)[C@H](CO)NC(=O)[C@H](CCCN=C(N)N)CC(=O)[C@H](CCCN=C(N)N)NC(=O)[C@H](CCCCN)CC(=O)[C@H](C)NC(=O)[C@H](CCCN=C(N)N)CC(=O)[C@H](CO)NC. The van der Waals surface area contributed by atoms with Gasteiger partial charge >= 0.3 is 5.97 Å². The number of aliphatic hydroxyl groups is 2. The highest BCUT2D eigenvalue weighted by atomic mass is 16.4. The second-order valence-corrected chi connectivity index (χ2v) is 18.3. The third kappa shape index (κ3) is 29.1. The van der Waals surface area contributed by atoms with E-state index in [1.54, 1.807) is 0 Å². The van der Waals surface area contributed by atoms with Gasteiger partial charge in [0.15, 0.2) is 46.8 Å². The number of nitrogens with zero attached hydrogens (tertiary/aromatic N) is 3. The second kappa shape index (κ2) is 38.0. The highest BCUT2D eigenvalue weighted by Gasteiger charge is 2.34. The highest BCUT2D eigenvalue weighted by molar-refractivity contribution is 5.98. The van der Waals surface area contributed by atoms with Crippen LogP contribution in [0.25, 0.3) is 0 Å². The number of carboxylic acid groups (broad SMARTS) is 1. The normalized spacial score (nSPS) is 14.6. The Labute approximate surface area is 437 Å². The van der Waals surface area contributed by atoms with Crippen molar-refractivity contribution in [1.29, 1.82) is 0 Å². The van der Waals surface area contributed by atoms with E-state index in [9.17, 15) is 63.3 Å². The first kappa shape index (κ1) is 68.4. The topological polar surface area (TPSA) is 511 Å². The predicted octanol–water partition coefficient (Wildman–Crippen LogP) is -4.42. The molecule has 75 heavy (non-hydrogen) atoms. The van der Waals surface area contributed by atoms with E-state index in [-0.39, 0.29) is 102 Å². The van der Waals surface area contributed by atoms with Crippen LogP contribution < -0.4 is 66.7 Å².